The van der Waals surface area contributed by atoms with Crippen molar-refractivity contribution in [2.45, 2.75) is 43.4 Å². The van der Waals surface area contributed by atoms with Crippen LogP contribution in [0.5, 0.6) is 0 Å². The first-order valence-electron chi connectivity index (χ1n) is 11.6. The van der Waals surface area contributed by atoms with E-state index < -0.39 is 27.1 Å². The van der Waals surface area contributed by atoms with Gasteiger partial charge in [-0.05, 0) is 67.6 Å². The number of pyridine rings is 1. The van der Waals surface area contributed by atoms with E-state index in [2.05, 4.69) is 9.71 Å². The van der Waals surface area contributed by atoms with Gasteiger partial charge in [0.05, 0.1) is 17.1 Å². The highest BCUT2D eigenvalue weighted by molar-refractivity contribution is 7.89. The number of aliphatic hydroxyl groups is 1. The number of rotatable bonds is 5. The summed E-state index contributed by atoms with van der Waals surface area (Å²) in [4.78, 5) is 19.5. The van der Waals surface area contributed by atoms with Crippen LogP contribution in [0.3, 0.4) is 0 Å². The summed E-state index contributed by atoms with van der Waals surface area (Å²) in [6.07, 6.45) is 3.51. The zero-order valence-electron chi connectivity index (χ0n) is 20.3. The first kappa shape index (κ1) is 24.1. The van der Waals surface area contributed by atoms with Gasteiger partial charge in [0.2, 0.25) is 10.0 Å². The Hall–Kier alpha value is -3.59. The largest absolute Gasteiger partial charge is 0.372 e. The van der Waals surface area contributed by atoms with E-state index in [1.165, 1.54) is 24.3 Å². The molecule has 2 N–H and O–H groups in total. The third kappa shape index (κ3) is 4.17. The summed E-state index contributed by atoms with van der Waals surface area (Å²) >= 11 is 0. The molecule has 0 aliphatic carbocycles. The standard InChI is InChI=1S/C28H27N3O4S/c1-27(2,3)30-36(34,35)23-12-10-22(11-13-23)28(33)24-6-4-5-7-25(24)31(26(28)32)18-19-8-9-21-17-29-15-14-20(21)16-19/h4-17,30,33H,18H2,1-3H3. The maximum absolute atomic E-state index is 13.8. The number of nitrogens with zero attached hydrogens (tertiary/aromatic N) is 2. The number of carbonyl (C=O) groups is 1. The minimum Gasteiger partial charge on any atom is -0.372 e. The number of fused-ring (bicyclic) bond motifs is 2. The third-order valence-corrected chi connectivity index (χ3v) is 7.98. The summed E-state index contributed by atoms with van der Waals surface area (Å²) in [7, 11) is -3.75. The van der Waals surface area contributed by atoms with E-state index in [0.29, 0.717) is 16.8 Å². The summed E-state index contributed by atoms with van der Waals surface area (Å²) < 4.78 is 28.0. The second-order valence-electron chi connectivity index (χ2n) is 10.1. The predicted molar refractivity (Wildman–Crippen MR) is 139 cm³/mol. The van der Waals surface area contributed by atoms with Crippen LogP contribution in [0.2, 0.25) is 0 Å². The molecule has 0 saturated heterocycles. The fourth-order valence-corrected chi connectivity index (χ4v) is 6.04. The second-order valence-corrected chi connectivity index (χ2v) is 11.7. The quantitative estimate of drug-likeness (QED) is 0.429. The molecular weight excluding hydrogens is 474 g/mol. The van der Waals surface area contributed by atoms with Gasteiger partial charge in [0.1, 0.15) is 0 Å². The van der Waals surface area contributed by atoms with Gasteiger partial charge in [-0.2, -0.15) is 0 Å². The lowest BCUT2D eigenvalue weighted by Gasteiger charge is -2.24. The van der Waals surface area contributed by atoms with Crippen molar-refractivity contribution in [3.05, 3.63) is 102 Å². The molecule has 0 spiro atoms. The van der Waals surface area contributed by atoms with E-state index in [1.54, 1.807) is 50.2 Å². The fourth-order valence-electron chi connectivity index (χ4n) is 4.62. The van der Waals surface area contributed by atoms with Crippen LogP contribution in [-0.4, -0.2) is 30.0 Å². The van der Waals surface area contributed by atoms with Crippen molar-refractivity contribution in [2.24, 2.45) is 0 Å². The van der Waals surface area contributed by atoms with Crippen LogP contribution in [0.15, 0.2) is 90.1 Å². The Bertz CT molecular complexity index is 1580. The summed E-state index contributed by atoms with van der Waals surface area (Å²) in [5.74, 6) is -0.484. The van der Waals surface area contributed by atoms with E-state index in [4.69, 9.17) is 0 Å². The first-order chi connectivity index (χ1) is 17.0. The van der Waals surface area contributed by atoms with Crippen molar-refractivity contribution in [2.75, 3.05) is 4.90 Å². The lowest BCUT2D eigenvalue weighted by Crippen LogP contribution is -2.41. The number of para-hydroxylation sites is 1. The number of carbonyl (C=O) groups excluding carboxylic acids is 1. The molecule has 1 aromatic heterocycles. The van der Waals surface area contributed by atoms with Crippen molar-refractivity contribution in [1.82, 2.24) is 9.71 Å². The number of hydrogen-bond donors (Lipinski definition) is 2. The van der Waals surface area contributed by atoms with Gasteiger partial charge < -0.3 is 10.0 Å². The van der Waals surface area contributed by atoms with Crippen molar-refractivity contribution < 1.29 is 18.3 Å². The number of nitrogens with one attached hydrogen (secondary N) is 1. The van der Waals surface area contributed by atoms with Crippen molar-refractivity contribution in [3.63, 3.8) is 0 Å². The van der Waals surface area contributed by atoms with Gasteiger partial charge >= 0.3 is 0 Å². The monoisotopic (exact) mass is 501 g/mol. The van der Waals surface area contributed by atoms with Crippen LogP contribution in [0, 0.1) is 0 Å². The molecule has 1 aliphatic rings. The smallest absolute Gasteiger partial charge is 0.268 e. The normalized spacial score (nSPS) is 18.0. The highest BCUT2D eigenvalue weighted by Crippen LogP contribution is 2.45. The van der Waals surface area contributed by atoms with Gasteiger partial charge in [-0.15, -0.1) is 0 Å². The van der Waals surface area contributed by atoms with E-state index in [0.717, 1.165) is 16.3 Å². The Kier molecular flexibility index (Phi) is 5.70. The van der Waals surface area contributed by atoms with Gasteiger partial charge in [0.15, 0.2) is 5.60 Å². The molecule has 4 aromatic rings. The van der Waals surface area contributed by atoms with Gasteiger partial charge in [0, 0.05) is 28.9 Å². The van der Waals surface area contributed by atoms with Crippen molar-refractivity contribution in [1.29, 1.82) is 0 Å². The van der Waals surface area contributed by atoms with E-state index in [1.807, 2.05) is 36.4 Å². The summed E-state index contributed by atoms with van der Waals surface area (Å²) in [5.41, 5.74) is -0.278. The highest BCUT2D eigenvalue weighted by Gasteiger charge is 2.51. The molecule has 1 amide bonds. The molecule has 7 nitrogen and oxygen atoms in total. The average molecular weight is 502 g/mol. The molecule has 2 heterocycles. The summed E-state index contributed by atoms with van der Waals surface area (Å²) in [6.45, 7) is 5.56. The molecule has 8 heteroatoms. The maximum atomic E-state index is 13.8. The average Bonchev–Trinajstić information content (AvgIpc) is 3.05. The molecule has 184 valence electrons. The minimum absolute atomic E-state index is 0.0611. The molecule has 0 radical (unpaired) electrons. The Balaban J connectivity index is 1.51. The lowest BCUT2D eigenvalue weighted by molar-refractivity contribution is -0.132. The second kappa shape index (κ2) is 8.51. The van der Waals surface area contributed by atoms with Crippen LogP contribution in [0.25, 0.3) is 10.8 Å². The molecule has 0 fully saturated rings. The molecular formula is C28H27N3O4S. The topological polar surface area (TPSA) is 99.6 Å². The predicted octanol–water partition coefficient (Wildman–Crippen LogP) is 4.09. The van der Waals surface area contributed by atoms with E-state index in [-0.39, 0.29) is 11.4 Å². The Morgan fingerprint density at radius 3 is 2.42 bits per heavy atom. The van der Waals surface area contributed by atoms with Crippen LogP contribution >= 0.6 is 0 Å². The number of hydrogen-bond acceptors (Lipinski definition) is 5. The molecule has 1 unspecified atom stereocenters. The molecule has 1 aliphatic heterocycles. The third-order valence-electron chi connectivity index (χ3n) is 6.21. The zero-order chi connectivity index (χ0) is 25.7. The highest BCUT2D eigenvalue weighted by atomic mass is 32.2. The number of benzene rings is 3. The van der Waals surface area contributed by atoms with Gasteiger partial charge in [0.25, 0.3) is 5.91 Å². The van der Waals surface area contributed by atoms with Crippen LogP contribution in [0.4, 0.5) is 5.69 Å². The fraction of sp³-hybridized carbons (Fsp3) is 0.214. The van der Waals surface area contributed by atoms with Crippen molar-refractivity contribution >= 4 is 32.4 Å². The molecule has 3 aromatic carbocycles. The Morgan fingerprint density at radius 2 is 1.69 bits per heavy atom. The minimum atomic E-state index is -3.75. The number of amides is 1. The molecule has 0 saturated carbocycles. The molecule has 0 bridgehead atoms. The van der Waals surface area contributed by atoms with Crippen LogP contribution < -0.4 is 9.62 Å². The van der Waals surface area contributed by atoms with Gasteiger partial charge in [-0.1, -0.05) is 42.5 Å². The molecule has 36 heavy (non-hydrogen) atoms. The van der Waals surface area contributed by atoms with Gasteiger partial charge in [-0.3, -0.25) is 9.78 Å². The molecule has 1 atom stereocenters. The van der Waals surface area contributed by atoms with Crippen molar-refractivity contribution in [3.8, 4) is 0 Å². The summed E-state index contributed by atoms with van der Waals surface area (Å²) in [5, 5.41) is 13.8. The first-order valence-corrected chi connectivity index (χ1v) is 13.1. The van der Waals surface area contributed by atoms with Crippen LogP contribution in [0.1, 0.15) is 37.5 Å². The molecule has 5 rings (SSSR count). The SMILES string of the molecule is CC(C)(C)NS(=O)(=O)c1ccc(C2(O)C(=O)N(Cc3ccc4cnccc4c3)c3ccccc32)cc1. The number of anilines is 1. The zero-order valence-corrected chi connectivity index (χ0v) is 21.1. The number of aromatic nitrogens is 1. The van der Waals surface area contributed by atoms with Crippen LogP contribution in [-0.2, 0) is 27.0 Å². The Morgan fingerprint density at radius 1 is 0.972 bits per heavy atom. The maximum Gasteiger partial charge on any atom is 0.268 e. The number of sulfonamides is 1. The summed E-state index contributed by atoms with van der Waals surface area (Å²) in [6, 6.07) is 20.8. The van der Waals surface area contributed by atoms with E-state index >= 15 is 0 Å². The van der Waals surface area contributed by atoms with E-state index in [9.17, 15) is 18.3 Å². The lowest BCUT2D eigenvalue weighted by atomic mass is 9.87. The Labute approximate surface area is 210 Å². The van der Waals surface area contributed by atoms with Gasteiger partial charge in [-0.25, -0.2) is 13.1 Å².